The quantitative estimate of drug-likeness (QED) is 0.542. The van der Waals surface area contributed by atoms with Gasteiger partial charge in [-0.3, -0.25) is 14.7 Å². The lowest BCUT2D eigenvalue weighted by molar-refractivity contribution is -0.0114. The molecule has 3 aromatic rings. The Balaban J connectivity index is 1.42. The predicted octanol–water partition coefficient (Wildman–Crippen LogP) is 2.47. The first-order chi connectivity index (χ1) is 17.5. The minimum Gasteiger partial charge on any atom is -0.490 e. The molecule has 0 unspecified atom stereocenters. The van der Waals surface area contributed by atoms with Crippen molar-refractivity contribution in [2.45, 2.75) is 45.3 Å². The molecule has 0 spiro atoms. The number of hydrogen-bond acceptors (Lipinski definition) is 7. The van der Waals surface area contributed by atoms with Gasteiger partial charge in [0.05, 0.1) is 18.7 Å². The van der Waals surface area contributed by atoms with Crippen molar-refractivity contribution in [1.29, 1.82) is 0 Å². The van der Waals surface area contributed by atoms with E-state index in [1.54, 1.807) is 4.90 Å². The van der Waals surface area contributed by atoms with Crippen molar-refractivity contribution in [2.75, 3.05) is 33.4 Å². The third-order valence-electron chi connectivity index (χ3n) is 6.89. The highest BCUT2D eigenvalue weighted by Gasteiger charge is 2.29. The molecule has 2 aliphatic heterocycles. The lowest BCUT2D eigenvalue weighted by Crippen LogP contribution is -2.34. The van der Waals surface area contributed by atoms with Gasteiger partial charge in [0.25, 0.3) is 11.5 Å². The van der Waals surface area contributed by atoms with Gasteiger partial charge in [0.15, 0.2) is 5.69 Å². The number of pyridine rings is 1. The van der Waals surface area contributed by atoms with E-state index in [-0.39, 0.29) is 42.0 Å². The molecule has 1 aromatic carbocycles. The Hall–Kier alpha value is -3.66. The van der Waals surface area contributed by atoms with Crippen LogP contribution in [-0.2, 0) is 22.4 Å². The second-order valence-corrected chi connectivity index (χ2v) is 9.27. The third-order valence-corrected chi connectivity index (χ3v) is 6.89. The van der Waals surface area contributed by atoms with Crippen molar-refractivity contribution in [3.05, 3.63) is 57.1 Å². The van der Waals surface area contributed by atoms with Crippen molar-refractivity contribution in [3.8, 4) is 5.75 Å². The number of aryl methyl sites for hydroxylation is 1. The fourth-order valence-corrected chi connectivity index (χ4v) is 4.95. The number of benzene rings is 1. The van der Waals surface area contributed by atoms with Crippen molar-refractivity contribution < 1.29 is 23.8 Å². The van der Waals surface area contributed by atoms with Crippen molar-refractivity contribution in [2.24, 2.45) is 0 Å². The van der Waals surface area contributed by atoms with E-state index in [4.69, 9.17) is 14.2 Å². The first-order valence-electron chi connectivity index (χ1n) is 12.3. The molecule has 4 heterocycles. The SMILES string of the molecule is COC(=O)c1c(OC[C@H]2CCCCO2)cc(=O)n2c1CCN(C(=O)c1n[nH]c3ccc(C)cc13)CC2. The van der Waals surface area contributed by atoms with Gasteiger partial charge >= 0.3 is 5.97 Å². The van der Waals surface area contributed by atoms with Crippen molar-refractivity contribution in [3.63, 3.8) is 0 Å². The maximum atomic E-state index is 13.4. The molecule has 0 radical (unpaired) electrons. The molecular formula is C26H30N4O6. The monoisotopic (exact) mass is 494 g/mol. The van der Waals surface area contributed by atoms with Gasteiger partial charge in [-0.2, -0.15) is 5.10 Å². The highest BCUT2D eigenvalue weighted by molar-refractivity contribution is 6.04. The first-order valence-corrected chi connectivity index (χ1v) is 12.3. The number of aromatic nitrogens is 3. The molecule has 1 fully saturated rings. The lowest BCUT2D eigenvalue weighted by atomic mass is 10.1. The van der Waals surface area contributed by atoms with Crippen molar-refractivity contribution in [1.82, 2.24) is 19.7 Å². The number of amides is 1. The minimum atomic E-state index is -0.577. The van der Waals surface area contributed by atoms with Gasteiger partial charge in [-0.1, -0.05) is 11.6 Å². The maximum absolute atomic E-state index is 13.4. The average Bonchev–Trinajstić information content (AvgIpc) is 3.17. The largest absolute Gasteiger partial charge is 0.490 e. The van der Waals surface area contributed by atoms with Gasteiger partial charge in [-0.05, 0) is 38.3 Å². The first kappa shape index (κ1) is 24.1. The number of hydrogen-bond donors (Lipinski definition) is 1. The molecule has 1 amide bonds. The summed E-state index contributed by atoms with van der Waals surface area (Å²) in [5.41, 5.74) is 2.61. The summed E-state index contributed by atoms with van der Waals surface area (Å²) in [6, 6.07) is 7.12. The molecule has 1 N–H and O–H groups in total. The molecule has 10 heteroatoms. The maximum Gasteiger partial charge on any atom is 0.343 e. The Morgan fingerprint density at radius 1 is 1.19 bits per heavy atom. The van der Waals surface area contributed by atoms with Crippen LogP contribution in [0.3, 0.4) is 0 Å². The van der Waals surface area contributed by atoms with Gasteiger partial charge < -0.3 is 23.7 Å². The number of rotatable bonds is 5. The number of ether oxygens (including phenoxy) is 3. The number of esters is 1. The fraction of sp³-hybridized carbons (Fsp3) is 0.462. The van der Waals surface area contributed by atoms with Crippen molar-refractivity contribution >= 4 is 22.8 Å². The third kappa shape index (κ3) is 4.60. The molecule has 0 aliphatic carbocycles. The Bertz CT molecular complexity index is 1350. The summed E-state index contributed by atoms with van der Waals surface area (Å²) in [7, 11) is 1.30. The Kier molecular flexibility index (Phi) is 6.77. The number of nitrogens with one attached hydrogen (secondary N) is 1. The Labute approximate surface area is 208 Å². The smallest absolute Gasteiger partial charge is 0.343 e. The van der Waals surface area contributed by atoms with Crippen LogP contribution in [0, 0.1) is 6.92 Å². The molecule has 10 nitrogen and oxygen atoms in total. The molecule has 36 heavy (non-hydrogen) atoms. The second kappa shape index (κ2) is 10.1. The van der Waals surface area contributed by atoms with Gasteiger partial charge in [-0.15, -0.1) is 0 Å². The van der Waals surface area contributed by atoms with E-state index < -0.39 is 5.97 Å². The predicted molar refractivity (Wildman–Crippen MR) is 132 cm³/mol. The molecule has 0 bridgehead atoms. The van der Waals surface area contributed by atoms with Gasteiger partial charge in [0.2, 0.25) is 0 Å². The van der Waals surface area contributed by atoms with Crippen LogP contribution in [0.25, 0.3) is 10.9 Å². The molecule has 0 saturated carbocycles. The zero-order valence-electron chi connectivity index (χ0n) is 20.5. The zero-order valence-corrected chi connectivity index (χ0v) is 20.5. The molecule has 2 aliphatic rings. The number of fused-ring (bicyclic) bond motifs is 2. The van der Waals surface area contributed by atoms with E-state index >= 15 is 0 Å². The summed E-state index contributed by atoms with van der Waals surface area (Å²) in [5, 5.41) is 7.94. The van der Waals surface area contributed by atoms with Crippen LogP contribution in [0.1, 0.15) is 51.4 Å². The summed E-state index contributed by atoms with van der Waals surface area (Å²) < 4.78 is 18.3. The topological polar surface area (TPSA) is 116 Å². The summed E-state index contributed by atoms with van der Waals surface area (Å²) in [6.07, 6.45) is 3.16. The molecule has 2 aromatic heterocycles. The highest BCUT2D eigenvalue weighted by atomic mass is 16.5. The molecule has 1 saturated heterocycles. The average molecular weight is 495 g/mol. The van der Waals surface area contributed by atoms with E-state index in [2.05, 4.69) is 10.2 Å². The zero-order chi connectivity index (χ0) is 25.2. The van der Waals surface area contributed by atoms with Crippen LogP contribution in [0.2, 0.25) is 0 Å². The highest BCUT2D eigenvalue weighted by Crippen LogP contribution is 2.26. The molecule has 190 valence electrons. The number of aromatic amines is 1. The van der Waals surface area contributed by atoms with E-state index in [1.165, 1.54) is 17.7 Å². The lowest BCUT2D eigenvalue weighted by Gasteiger charge is -2.24. The molecular weight excluding hydrogens is 464 g/mol. The molecule has 5 rings (SSSR count). The number of carbonyl (C=O) groups is 2. The Morgan fingerprint density at radius 3 is 2.83 bits per heavy atom. The number of carbonyl (C=O) groups excluding carboxylic acids is 2. The van der Waals surface area contributed by atoms with E-state index in [0.29, 0.717) is 37.5 Å². The van der Waals surface area contributed by atoms with Crippen LogP contribution >= 0.6 is 0 Å². The van der Waals surface area contributed by atoms with E-state index in [1.807, 2.05) is 25.1 Å². The second-order valence-electron chi connectivity index (χ2n) is 9.27. The number of H-pyrrole nitrogens is 1. The van der Waals surface area contributed by atoms with Crippen LogP contribution in [-0.4, -0.2) is 71.1 Å². The summed E-state index contributed by atoms with van der Waals surface area (Å²) >= 11 is 0. The van der Waals surface area contributed by atoms with E-state index in [9.17, 15) is 14.4 Å². The van der Waals surface area contributed by atoms with Crippen LogP contribution in [0.5, 0.6) is 5.75 Å². The van der Waals surface area contributed by atoms with Crippen LogP contribution < -0.4 is 10.3 Å². The Morgan fingerprint density at radius 2 is 2.06 bits per heavy atom. The summed E-state index contributed by atoms with van der Waals surface area (Å²) in [5.74, 6) is -0.606. The fourth-order valence-electron chi connectivity index (χ4n) is 4.95. The van der Waals surface area contributed by atoms with Crippen LogP contribution in [0.4, 0.5) is 0 Å². The van der Waals surface area contributed by atoms with E-state index in [0.717, 1.165) is 35.7 Å². The summed E-state index contributed by atoms with van der Waals surface area (Å²) in [6.45, 7) is 3.77. The normalized spacial score (nSPS) is 17.9. The van der Waals surface area contributed by atoms with Gasteiger partial charge in [0, 0.05) is 49.8 Å². The minimum absolute atomic E-state index is 0.0776. The summed E-state index contributed by atoms with van der Waals surface area (Å²) in [4.78, 5) is 41.0. The number of methoxy groups -OCH3 is 1. The van der Waals surface area contributed by atoms with Crippen LogP contribution in [0.15, 0.2) is 29.1 Å². The standard InChI is InChI=1S/C26H30N4O6/c1-16-6-7-19-18(13-16)24(28-27-19)25(32)29-9-8-20-23(26(33)34-2)21(14-22(31)30(20)11-10-29)36-15-17-5-3-4-12-35-17/h6-7,13-14,17H,3-5,8-12,15H2,1-2H3,(H,27,28)/t17-/m1/s1. The van der Waals surface area contributed by atoms with Gasteiger partial charge in [-0.25, -0.2) is 4.79 Å². The van der Waals surface area contributed by atoms with Gasteiger partial charge in [0.1, 0.15) is 17.9 Å². The molecule has 1 atom stereocenters. The number of nitrogens with zero attached hydrogens (tertiary/aromatic N) is 3.